The van der Waals surface area contributed by atoms with Gasteiger partial charge >= 0.3 is 5.97 Å². The van der Waals surface area contributed by atoms with Gasteiger partial charge in [0.05, 0.1) is 12.5 Å². The van der Waals surface area contributed by atoms with Crippen LogP contribution in [0.4, 0.5) is 0 Å². The summed E-state index contributed by atoms with van der Waals surface area (Å²) in [6.45, 7) is 2.05. The zero-order chi connectivity index (χ0) is 15.5. The molecule has 1 aliphatic heterocycles. The summed E-state index contributed by atoms with van der Waals surface area (Å²) >= 11 is 3.42. The van der Waals surface area contributed by atoms with Gasteiger partial charge in [-0.15, -0.1) is 12.4 Å². The molecule has 2 aromatic rings. The normalized spacial score (nSPS) is 16.0. The van der Waals surface area contributed by atoms with Crippen molar-refractivity contribution < 1.29 is 14.4 Å². The minimum Gasteiger partial charge on any atom is -0.481 e. The second kappa shape index (κ2) is 7.90. The van der Waals surface area contributed by atoms with Crippen molar-refractivity contribution in [3.8, 4) is 11.4 Å². The van der Waals surface area contributed by atoms with Crippen molar-refractivity contribution in [3.05, 3.63) is 34.6 Å². The van der Waals surface area contributed by atoms with Crippen molar-refractivity contribution in [2.24, 2.45) is 5.92 Å². The number of nitrogens with zero attached hydrogens (tertiary/aromatic N) is 3. The summed E-state index contributed by atoms with van der Waals surface area (Å²) < 4.78 is 6.27. The molecule has 3 rings (SSSR count). The molecule has 23 heavy (non-hydrogen) atoms. The fraction of sp³-hybridized carbons (Fsp3) is 0.400. The summed E-state index contributed by atoms with van der Waals surface area (Å²) in [7, 11) is 0. The number of carbonyl (C=O) groups is 1. The van der Waals surface area contributed by atoms with Crippen LogP contribution in [0.3, 0.4) is 0 Å². The van der Waals surface area contributed by atoms with Crippen molar-refractivity contribution in [1.82, 2.24) is 15.0 Å². The molecular formula is C15H17BrClN3O3. The van der Waals surface area contributed by atoms with E-state index in [2.05, 4.69) is 31.0 Å². The number of carboxylic acid groups (broad SMARTS) is 1. The van der Waals surface area contributed by atoms with Crippen LogP contribution in [0.5, 0.6) is 0 Å². The number of carboxylic acids is 1. The SMILES string of the molecule is Cl.O=C(O)C1CCN(Cc2nc(-c3cccc(Br)c3)no2)CC1. The Morgan fingerprint density at radius 2 is 2.13 bits per heavy atom. The van der Waals surface area contributed by atoms with Crippen LogP contribution in [0, 0.1) is 5.92 Å². The van der Waals surface area contributed by atoms with E-state index in [4.69, 9.17) is 9.63 Å². The molecule has 0 spiro atoms. The maximum absolute atomic E-state index is 10.9. The van der Waals surface area contributed by atoms with Crippen LogP contribution in [0.1, 0.15) is 18.7 Å². The standard InChI is InChI=1S/C15H16BrN3O3.ClH/c16-12-3-1-2-11(8-12)14-17-13(22-18-14)9-19-6-4-10(5-7-19)15(20)21;/h1-3,8,10H,4-7,9H2,(H,20,21);1H. The molecule has 1 aliphatic rings. The summed E-state index contributed by atoms with van der Waals surface area (Å²) in [6, 6.07) is 7.73. The number of piperidine rings is 1. The van der Waals surface area contributed by atoms with E-state index in [-0.39, 0.29) is 18.3 Å². The van der Waals surface area contributed by atoms with E-state index in [1.165, 1.54) is 0 Å². The maximum atomic E-state index is 10.9. The summed E-state index contributed by atoms with van der Waals surface area (Å²) in [6.07, 6.45) is 1.34. The highest BCUT2D eigenvalue weighted by molar-refractivity contribution is 9.10. The Kier molecular flexibility index (Phi) is 6.15. The molecule has 6 nitrogen and oxygen atoms in total. The topological polar surface area (TPSA) is 79.5 Å². The quantitative estimate of drug-likeness (QED) is 0.846. The van der Waals surface area contributed by atoms with Crippen molar-refractivity contribution in [3.63, 3.8) is 0 Å². The fourth-order valence-corrected chi connectivity index (χ4v) is 2.99. The predicted molar refractivity (Wildman–Crippen MR) is 90.3 cm³/mol. The first-order valence-corrected chi connectivity index (χ1v) is 7.95. The third-order valence-corrected chi connectivity index (χ3v) is 4.34. The smallest absolute Gasteiger partial charge is 0.306 e. The van der Waals surface area contributed by atoms with E-state index in [0.717, 1.165) is 23.1 Å². The Labute approximate surface area is 148 Å². The lowest BCUT2D eigenvalue weighted by Gasteiger charge is -2.28. The molecule has 1 aromatic heterocycles. The van der Waals surface area contributed by atoms with Crippen LogP contribution in [0.2, 0.25) is 0 Å². The van der Waals surface area contributed by atoms with Gasteiger partial charge in [0, 0.05) is 10.0 Å². The minimum absolute atomic E-state index is 0. The molecule has 124 valence electrons. The van der Waals surface area contributed by atoms with Crippen LogP contribution in [0.25, 0.3) is 11.4 Å². The van der Waals surface area contributed by atoms with Crippen LogP contribution in [-0.2, 0) is 11.3 Å². The fourth-order valence-electron chi connectivity index (χ4n) is 2.59. The van der Waals surface area contributed by atoms with E-state index in [0.29, 0.717) is 31.1 Å². The molecule has 0 atom stereocenters. The largest absolute Gasteiger partial charge is 0.481 e. The van der Waals surface area contributed by atoms with Gasteiger partial charge in [-0.1, -0.05) is 33.2 Å². The van der Waals surface area contributed by atoms with Crippen LogP contribution in [0.15, 0.2) is 33.3 Å². The zero-order valence-corrected chi connectivity index (χ0v) is 14.7. The van der Waals surface area contributed by atoms with Gasteiger partial charge < -0.3 is 9.63 Å². The first kappa shape index (κ1) is 17.9. The second-order valence-electron chi connectivity index (χ2n) is 5.41. The lowest BCUT2D eigenvalue weighted by atomic mass is 9.97. The molecular weight excluding hydrogens is 386 g/mol. The van der Waals surface area contributed by atoms with Gasteiger partial charge in [0.2, 0.25) is 11.7 Å². The number of hydrogen-bond acceptors (Lipinski definition) is 5. The zero-order valence-electron chi connectivity index (χ0n) is 12.3. The molecule has 1 saturated heterocycles. The Balaban J connectivity index is 0.00000192. The molecule has 0 amide bonds. The van der Waals surface area contributed by atoms with Gasteiger partial charge in [0.25, 0.3) is 0 Å². The third kappa shape index (κ3) is 4.53. The number of halogens is 2. The molecule has 8 heteroatoms. The van der Waals surface area contributed by atoms with Gasteiger partial charge in [-0.25, -0.2) is 0 Å². The number of benzene rings is 1. The van der Waals surface area contributed by atoms with E-state index < -0.39 is 5.97 Å². The summed E-state index contributed by atoms with van der Waals surface area (Å²) in [5.74, 6) is 0.200. The van der Waals surface area contributed by atoms with Gasteiger partial charge in [0.1, 0.15) is 0 Å². The van der Waals surface area contributed by atoms with Gasteiger partial charge in [0.15, 0.2) is 0 Å². The lowest BCUT2D eigenvalue weighted by molar-refractivity contribution is -0.143. The summed E-state index contributed by atoms with van der Waals surface area (Å²) in [5.41, 5.74) is 0.897. The third-order valence-electron chi connectivity index (χ3n) is 3.85. The highest BCUT2D eigenvalue weighted by Gasteiger charge is 2.25. The molecule has 0 bridgehead atoms. The Bertz CT molecular complexity index is 671. The van der Waals surface area contributed by atoms with Crippen molar-refractivity contribution in [2.45, 2.75) is 19.4 Å². The minimum atomic E-state index is -0.700. The van der Waals surface area contributed by atoms with Gasteiger partial charge in [-0.3, -0.25) is 9.69 Å². The van der Waals surface area contributed by atoms with Crippen molar-refractivity contribution in [1.29, 1.82) is 0 Å². The first-order valence-electron chi connectivity index (χ1n) is 7.15. The van der Waals surface area contributed by atoms with E-state index in [1.54, 1.807) is 0 Å². The predicted octanol–water partition coefficient (Wildman–Crippen LogP) is 3.22. The number of likely N-dealkylation sites (tertiary alicyclic amines) is 1. The van der Waals surface area contributed by atoms with Crippen LogP contribution < -0.4 is 0 Å². The molecule has 0 radical (unpaired) electrons. The average Bonchev–Trinajstić information content (AvgIpc) is 2.96. The van der Waals surface area contributed by atoms with Crippen LogP contribution >= 0.6 is 28.3 Å². The molecule has 0 unspecified atom stereocenters. The molecule has 0 aliphatic carbocycles. The highest BCUT2D eigenvalue weighted by atomic mass is 79.9. The second-order valence-corrected chi connectivity index (χ2v) is 6.33. The molecule has 2 heterocycles. The Morgan fingerprint density at radius 1 is 1.39 bits per heavy atom. The van der Waals surface area contributed by atoms with Gasteiger partial charge in [-0.05, 0) is 38.1 Å². The molecule has 0 saturated carbocycles. The number of aromatic nitrogens is 2. The van der Waals surface area contributed by atoms with E-state index in [9.17, 15) is 4.79 Å². The van der Waals surface area contributed by atoms with Crippen molar-refractivity contribution >= 4 is 34.3 Å². The Morgan fingerprint density at radius 3 is 2.78 bits per heavy atom. The van der Waals surface area contributed by atoms with E-state index in [1.807, 2.05) is 24.3 Å². The Hall–Kier alpha value is -1.44. The number of aliphatic carboxylic acids is 1. The molecule has 1 fully saturated rings. The van der Waals surface area contributed by atoms with Crippen LogP contribution in [-0.4, -0.2) is 39.2 Å². The van der Waals surface area contributed by atoms with E-state index >= 15 is 0 Å². The van der Waals surface area contributed by atoms with Gasteiger partial charge in [-0.2, -0.15) is 4.98 Å². The maximum Gasteiger partial charge on any atom is 0.306 e. The summed E-state index contributed by atoms with van der Waals surface area (Å²) in [5, 5.41) is 13.0. The monoisotopic (exact) mass is 401 g/mol. The van der Waals surface area contributed by atoms with Crippen molar-refractivity contribution in [2.75, 3.05) is 13.1 Å². The molecule has 1 aromatic carbocycles. The number of hydrogen-bond donors (Lipinski definition) is 1. The lowest BCUT2D eigenvalue weighted by Crippen LogP contribution is -2.35. The average molecular weight is 403 g/mol. The molecule has 1 N–H and O–H groups in total. The highest BCUT2D eigenvalue weighted by Crippen LogP contribution is 2.22. The number of rotatable bonds is 4. The summed E-state index contributed by atoms with van der Waals surface area (Å²) in [4.78, 5) is 17.5. The first-order chi connectivity index (χ1) is 10.6.